The van der Waals surface area contributed by atoms with Crippen molar-refractivity contribution in [1.82, 2.24) is 26.3 Å². The Labute approximate surface area is 226 Å². The van der Waals surface area contributed by atoms with E-state index in [9.17, 15) is 9.59 Å². The molecule has 1 aromatic heterocycles. The van der Waals surface area contributed by atoms with Crippen LogP contribution in [0.2, 0.25) is 0 Å². The fourth-order valence-corrected chi connectivity index (χ4v) is 5.51. The van der Waals surface area contributed by atoms with Crippen molar-refractivity contribution >= 4 is 34.6 Å². The highest BCUT2D eigenvalue weighted by atomic mass is 32.2. The molecule has 0 saturated heterocycles. The number of amidine groups is 1. The average Bonchev–Trinajstić information content (AvgIpc) is 3.58. The lowest BCUT2D eigenvalue weighted by atomic mass is 10.0. The van der Waals surface area contributed by atoms with Crippen LogP contribution in [-0.4, -0.2) is 32.6 Å². The minimum absolute atomic E-state index is 0.0442. The van der Waals surface area contributed by atoms with Crippen molar-refractivity contribution in [3.8, 4) is 0 Å². The van der Waals surface area contributed by atoms with Crippen molar-refractivity contribution in [2.45, 2.75) is 57.0 Å². The first kappa shape index (κ1) is 25.9. The van der Waals surface area contributed by atoms with Crippen molar-refractivity contribution in [3.05, 3.63) is 88.6 Å². The van der Waals surface area contributed by atoms with Crippen LogP contribution < -0.4 is 21.4 Å². The molecule has 196 valence electrons. The van der Waals surface area contributed by atoms with Crippen LogP contribution in [0.25, 0.3) is 0 Å². The molecule has 0 spiro atoms. The normalized spacial score (nSPS) is 15.9. The highest BCUT2D eigenvalue weighted by molar-refractivity contribution is 8.14. The van der Waals surface area contributed by atoms with Gasteiger partial charge in [-0.15, -0.1) is 5.10 Å². The number of thioether (sulfide) groups is 1. The highest BCUT2D eigenvalue weighted by Crippen LogP contribution is 2.23. The Morgan fingerprint density at radius 3 is 2.61 bits per heavy atom. The molecule has 0 fully saturated rings. The van der Waals surface area contributed by atoms with Crippen LogP contribution >= 0.6 is 11.8 Å². The number of rotatable bonds is 10. The topological polar surface area (TPSA) is 120 Å². The minimum atomic E-state index is -0.113. The molecule has 4 N–H and O–H groups in total. The van der Waals surface area contributed by atoms with Crippen molar-refractivity contribution < 1.29 is 9.59 Å². The Morgan fingerprint density at radius 1 is 0.895 bits per heavy atom. The van der Waals surface area contributed by atoms with Crippen molar-refractivity contribution in [2.24, 2.45) is 5.10 Å². The second-order valence-corrected chi connectivity index (χ2v) is 10.6. The number of anilines is 1. The number of nitrogens with zero attached hydrogens (tertiary/aromatic N) is 3. The van der Waals surface area contributed by atoms with Crippen LogP contribution in [0.3, 0.4) is 0 Å². The molecule has 3 aromatic rings. The first-order valence-electron chi connectivity index (χ1n) is 12.9. The van der Waals surface area contributed by atoms with Gasteiger partial charge in [-0.25, -0.2) is 0 Å². The molecule has 9 nitrogen and oxygen atoms in total. The van der Waals surface area contributed by atoms with Gasteiger partial charge in [0.15, 0.2) is 11.0 Å². The molecule has 38 heavy (non-hydrogen) atoms. The maximum Gasteiger partial charge on any atom is 0.230 e. The number of hydrogen-bond acceptors (Lipinski definition) is 8. The molecule has 2 aromatic carbocycles. The summed E-state index contributed by atoms with van der Waals surface area (Å²) in [5.74, 6) is 0.303. The van der Waals surface area contributed by atoms with Gasteiger partial charge in [0.2, 0.25) is 11.8 Å². The van der Waals surface area contributed by atoms with Gasteiger partial charge in [0.1, 0.15) is 0 Å². The summed E-state index contributed by atoms with van der Waals surface area (Å²) in [6, 6.07) is 19.4. The smallest absolute Gasteiger partial charge is 0.230 e. The molecular weight excluding hydrogens is 498 g/mol. The number of hydrazone groups is 1. The van der Waals surface area contributed by atoms with Crippen LogP contribution in [0.15, 0.2) is 65.8 Å². The van der Waals surface area contributed by atoms with Crippen LogP contribution in [0.5, 0.6) is 0 Å². The number of carbonyl (C=O) groups is 2. The number of nitrogens with one attached hydrogen (secondary N) is 4. The summed E-state index contributed by atoms with van der Waals surface area (Å²) >= 11 is 1.56. The largest absolute Gasteiger partial charge is 0.309 e. The van der Waals surface area contributed by atoms with E-state index < -0.39 is 0 Å². The SMILES string of the molecule is O=C(Cc1cccc2c1CNC2)NC1=NNC(CCCCc2ccc(NC(=O)Cc3ccccc3)nn2)S1. The number of carbonyl (C=O) groups excluding carboxylic acids is 2. The summed E-state index contributed by atoms with van der Waals surface area (Å²) in [4.78, 5) is 24.8. The second-order valence-electron chi connectivity index (χ2n) is 9.40. The standard InChI is InChI=1S/C28H31N7O2S/c36-25(15-19-7-2-1-3-8-19)30-24-14-13-22(32-33-24)11-4-5-12-27-34-35-28(38-27)31-26(37)16-20-9-6-10-21-17-29-18-23(20)21/h1-3,6-10,13-14,27,29,34H,4-5,11-12,15-18H2,(H,30,33,36)(H,31,35,37). The van der Waals surface area contributed by atoms with E-state index in [2.05, 4.69) is 42.7 Å². The van der Waals surface area contributed by atoms with Crippen molar-refractivity contribution in [2.75, 3.05) is 5.32 Å². The maximum absolute atomic E-state index is 12.6. The molecule has 10 heteroatoms. The van der Waals surface area contributed by atoms with Gasteiger partial charge >= 0.3 is 0 Å². The van der Waals surface area contributed by atoms with E-state index in [1.807, 2.05) is 48.5 Å². The molecule has 0 bridgehead atoms. The molecule has 2 amide bonds. The van der Waals surface area contributed by atoms with Gasteiger partial charge in [0, 0.05) is 13.1 Å². The third-order valence-electron chi connectivity index (χ3n) is 6.49. The van der Waals surface area contributed by atoms with Gasteiger partial charge in [-0.2, -0.15) is 10.2 Å². The molecule has 0 radical (unpaired) electrons. The molecule has 0 saturated carbocycles. The summed E-state index contributed by atoms with van der Waals surface area (Å²) < 4.78 is 0. The predicted molar refractivity (Wildman–Crippen MR) is 149 cm³/mol. The van der Waals surface area contributed by atoms with Crippen LogP contribution in [-0.2, 0) is 41.9 Å². The van der Waals surface area contributed by atoms with Crippen molar-refractivity contribution in [3.63, 3.8) is 0 Å². The zero-order chi connectivity index (χ0) is 26.2. The number of aromatic nitrogens is 2. The molecule has 2 aliphatic heterocycles. The van der Waals surface area contributed by atoms with Gasteiger partial charge in [0.05, 0.1) is 23.9 Å². The van der Waals surface area contributed by atoms with Gasteiger partial charge in [-0.3, -0.25) is 15.0 Å². The number of amides is 2. The Morgan fingerprint density at radius 2 is 1.76 bits per heavy atom. The zero-order valence-electron chi connectivity index (χ0n) is 21.1. The lowest BCUT2D eigenvalue weighted by Crippen LogP contribution is -2.29. The van der Waals surface area contributed by atoms with E-state index >= 15 is 0 Å². The Hall–Kier alpha value is -3.76. The Kier molecular flexibility index (Phi) is 8.62. The fraction of sp³-hybridized carbons (Fsp3) is 0.321. The second kappa shape index (κ2) is 12.7. The molecule has 1 atom stereocenters. The fourth-order valence-electron chi connectivity index (χ4n) is 4.57. The molecular formula is C28H31N7O2S. The molecule has 2 aliphatic rings. The Bertz CT molecular complexity index is 1300. The number of unbranched alkanes of at least 4 members (excludes halogenated alkanes) is 1. The van der Waals surface area contributed by atoms with Gasteiger partial charge in [-0.05, 0) is 53.6 Å². The lowest BCUT2D eigenvalue weighted by molar-refractivity contribution is -0.119. The van der Waals surface area contributed by atoms with E-state index in [0.29, 0.717) is 23.8 Å². The molecule has 3 heterocycles. The van der Waals surface area contributed by atoms with E-state index in [-0.39, 0.29) is 17.2 Å². The van der Waals surface area contributed by atoms with Crippen LogP contribution in [0.1, 0.15) is 47.2 Å². The number of fused-ring (bicyclic) bond motifs is 1. The summed E-state index contributed by atoms with van der Waals surface area (Å²) in [6.07, 6.45) is 4.34. The van der Waals surface area contributed by atoms with E-state index in [0.717, 1.165) is 55.6 Å². The van der Waals surface area contributed by atoms with Crippen molar-refractivity contribution in [1.29, 1.82) is 0 Å². The first-order chi connectivity index (χ1) is 18.6. The summed E-state index contributed by atoms with van der Waals surface area (Å²) in [7, 11) is 0. The highest BCUT2D eigenvalue weighted by Gasteiger charge is 2.22. The molecule has 1 unspecified atom stereocenters. The third kappa shape index (κ3) is 7.17. The van der Waals surface area contributed by atoms with E-state index in [1.165, 1.54) is 11.1 Å². The summed E-state index contributed by atoms with van der Waals surface area (Å²) in [5.41, 5.74) is 8.56. The van der Waals surface area contributed by atoms with Crippen LogP contribution in [0, 0.1) is 0 Å². The van der Waals surface area contributed by atoms with Crippen LogP contribution in [0.4, 0.5) is 5.82 Å². The van der Waals surface area contributed by atoms with E-state index in [1.54, 1.807) is 17.8 Å². The monoisotopic (exact) mass is 529 g/mol. The van der Waals surface area contributed by atoms with Gasteiger partial charge in [0.25, 0.3) is 0 Å². The Balaban J connectivity index is 0.972. The minimum Gasteiger partial charge on any atom is -0.309 e. The molecule has 0 aliphatic carbocycles. The third-order valence-corrected chi connectivity index (χ3v) is 7.53. The number of benzene rings is 2. The maximum atomic E-state index is 12.6. The number of aryl methyl sites for hydroxylation is 1. The van der Waals surface area contributed by atoms with Gasteiger partial charge in [-0.1, -0.05) is 66.7 Å². The quantitative estimate of drug-likeness (QED) is 0.298. The zero-order valence-corrected chi connectivity index (χ0v) is 21.9. The lowest BCUT2D eigenvalue weighted by Gasteiger charge is -2.10. The van der Waals surface area contributed by atoms with E-state index in [4.69, 9.17) is 0 Å². The number of hydrogen-bond donors (Lipinski definition) is 4. The average molecular weight is 530 g/mol. The van der Waals surface area contributed by atoms with Gasteiger partial charge < -0.3 is 16.0 Å². The summed E-state index contributed by atoms with van der Waals surface area (Å²) in [5, 5.41) is 22.5. The molecule has 5 rings (SSSR count). The first-order valence-corrected chi connectivity index (χ1v) is 13.8. The summed E-state index contributed by atoms with van der Waals surface area (Å²) in [6.45, 7) is 1.68. The predicted octanol–water partition coefficient (Wildman–Crippen LogP) is 3.27.